The van der Waals surface area contributed by atoms with Crippen LogP contribution < -0.4 is 0 Å². The Balaban J connectivity index is 2.25. The van der Waals surface area contributed by atoms with E-state index in [1.165, 1.54) is 5.56 Å². The minimum atomic E-state index is 0.465. The van der Waals surface area contributed by atoms with E-state index in [1.807, 2.05) is 31.2 Å². The van der Waals surface area contributed by atoms with Crippen molar-refractivity contribution in [3.63, 3.8) is 0 Å². The Morgan fingerprint density at radius 3 is 2.58 bits per heavy atom. The zero-order valence-corrected chi connectivity index (χ0v) is 11.7. The molecule has 0 saturated carbocycles. The molecule has 1 aromatic carbocycles. The largest absolute Gasteiger partial charge is 0.330 e. The van der Waals surface area contributed by atoms with Crippen molar-refractivity contribution >= 4 is 0 Å². The second-order valence-corrected chi connectivity index (χ2v) is 4.99. The first-order valence-corrected chi connectivity index (χ1v) is 6.66. The van der Waals surface area contributed by atoms with Gasteiger partial charge in [0, 0.05) is 18.7 Å². The maximum Gasteiger partial charge on any atom is 0.112 e. The predicted molar refractivity (Wildman–Crippen MR) is 75.9 cm³/mol. The number of imidazole rings is 1. The summed E-state index contributed by atoms with van der Waals surface area (Å²) >= 11 is 0. The lowest BCUT2D eigenvalue weighted by molar-refractivity contribution is 0.618. The van der Waals surface area contributed by atoms with Crippen LogP contribution in [0.2, 0.25) is 0 Å². The van der Waals surface area contributed by atoms with Crippen LogP contribution in [0.4, 0.5) is 0 Å². The van der Waals surface area contributed by atoms with Crippen LogP contribution in [0.5, 0.6) is 0 Å². The summed E-state index contributed by atoms with van der Waals surface area (Å²) in [4.78, 5) is 4.62. The first-order valence-electron chi connectivity index (χ1n) is 6.66. The molecule has 1 heterocycles. The van der Waals surface area contributed by atoms with Gasteiger partial charge in [-0.1, -0.05) is 26.0 Å². The molecule has 1 aromatic heterocycles. The molecule has 0 aliphatic carbocycles. The smallest absolute Gasteiger partial charge is 0.112 e. The molecular weight excluding hydrogens is 234 g/mol. The molecule has 0 bridgehead atoms. The SMILES string of the molecule is CCC(C)c1nc(C)cn1Cc1ccc(C#N)cc1. The number of hydrogen-bond donors (Lipinski definition) is 0. The lowest BCUT2D eigenvalue weighted by Gasteiger charge is -2.12. The van der Waals surface area contributed by atoms with Gasteiger partial charge in [0.05, 0.1) is 17.3 Å². The predicted octanol–water partition coefficient (Wildman–Crippen LogP) is 3.63. The van der Waals surface area contributed by atoms with Crippen molar-refractivity contribution in [2.45, 2.75) is 39.7 Å². The standard InChI is InChI=1S/C16H19N3/c1-4-12(2)16-18-13(3)10-19(16)11-15-7-5-14(9-17)6-8-15/h5-8,10,12H,4,11H2,1-3H3. The molecule has 0 fully saturated rings. The van der Waals surface area contributed by atoms with Crippen molar-refractivity contribution in [1.29, 1.82) is 5.26 Å². The highest BCUT2D eigenvalue weighted by Gasteiger charge is 2.12. The Labute approximate surface area is 114 Å². The lowest BCUT2D eigenvalue weighted by atomic mass is 10.1. The number of hydrogen-bond acceptors (Lipinski definition) is 2. The average Bonchev–Trinajstić information content (AvgIpc) is 2.79. The molecule has 19 heavy (non-hydrogen) atoms. The molecule has 98 valence electrons. The number of aromatic nitrogens is 2. The van der Waals surface area contributed by atoms with Crippen LogP contribution in [0.15, 0.2) is 30.5 Å². The summed E-state index contributed by atoms with van der Waals surface area (Å²) in [6.07, 6.45) is 3.18. The lowest BCUT2D eigenvalue weighted by Crippen LogP contribution is -2.07. The Morgan fingerprint density at radius 1 is 1.32 bits per heavy atom. The zero-order chi connectivity index (χ0) is 13.8. The number of rotatable bonds is 4. The minimum Gasteiger partial charge on any atom is -0.330 e. The summed E-state index contributed by atoms with van der Waals surface area (Å²) in [5.41, 5.74) is 2.96. The van der Waals surface area contributed by atoms with E-state index >= 15 is 0 Å². The third-order valence-electron chi connectivity index (χ3n) is 3.42. The van der Waals surface area contributed by atoms with Gasteiger partial charge in [0.1, 0.15) is 5.82 Å². The summed E-state index contributed by atoms with van der Waals surface area (Å²) in [5, 5.41) is 8.81. The van der Waals surface area contributed by atoms with Crippen LogP contribution in [-0.2, 0) is 6.54 Å². The van der Waals surface area contributed by atoms with E-state index in [-0.39, 0.29) is 0 Å². The number of nitrogens with zero attached hydrogens (tertiary/aromatic N) is 3. The minimum absolute atomic E-state index is 0.465. The van der Waals surface area contributed by atoms with E-state index in [4.69, 9.17) is 5.26 Å². The third-order valence-corrected chi connectivity index (χ3v) is 3.42. The van der Waals surface area contributed by atoms with E-state index in [2.05, 4.69) is 35.7 Å². The van der Waals surface area contributed by atoms with Crippen LogP contribution in [0.3, 0.4) is 0 Å². The molecule has 0 radical (unpaired) electrons. The van der Waals surface area contributed by atoms with Crippen molar-refractivity contribution in [2.75, 3.05) is 0 Å². The van der Waals surface area contributed by atoms with Gasteiger partial charge in [-0.25, -0.2) is 4.98 Å². The Kier molecular flexibility index (Phi) is 4.01. The van der Waals surface area contributed by atoms with Crippen LogP contribution in [0.25, 0.3) is 0 Å². The quantitative estimate of drug-likeness (QED) is 0.835. The summed E-state index contributed by atoms with van der Waals surface area (Å²) in [5.74, 6) is 1.61. The fourth-order valence-electron chi connectivity index (χ4n) is 2.15. The number of aryl methyl sites for hydroxylation is 1. The molecule has 2 rings (SSSR count). The van der Waals surface area contributed by atoms with Crippen molar-refractivity contribution in [2.24, 2.45) is 0 Å². The van der Waals surface area contributed by atoms with Gasteiger partial charge in [-0.3, -0.25) is 0 Å². The van der Waals surface area contributed by atoms with E-state index in [0.717, 1.165) is 24.5 Å². The van der Waals surface area contributed by atoms with Gasteiger partial charge in [0.2, 0.25) is 0 Å². The summed E-state index contributed by atoms with van der Waals surface area (Å²) < 4.78 is 2.21. The van der Waals surface area contributed by atoms with E-state index in [0.29, 0.717) is 11.5 Å². The second-order valence-electron chi connectivity index (χ2n) is 4.99. The second kappa shape index (κ2) is 5.71. The van der Waals surface area contributed by atoms with E-state index in [9.17, 15) is 0 Å². The summed E-state index contributed by atoms with van der Waals surface area (Å²) in [6.45, 7) is 7.23. The average molecular weight is 253 g/mol. The van der Waals surface area contributed by atoms with Gasteiger partial charge >= 0.3 is 0 Å². The molecular formula is C16H19N3. The van der Waals surface area contributed by atoms with E-state index in [1.54, 1.807) is 0 Å². The Bertz CT molecular complexity index is 587. The van der Waals surface area contributed by atoms with Gasteiger partial charge in [-0.2, -0.15) is 5.26 Å². The van der Waals surface area contributed by atoms with Crippen molar-refractivity contribution in [3.05, 3.63) is 53.1 Å². The van der Waals surface area contributed by atoms with Crippen molar-refractivity contribution in [1.82, 2.24) is 9.55 Å². The highest BCUT2D eigenvalue weighted by atomic mass is 15.1. The Morgan fingerprint density at radius 2 is 2.00 bits per heavy atom. The fraction of sp³-hybridized carbons (Fsp3) is 0.375. The van der Waals surface area contributed by atoms with Crippen LogP contribution in [0.1, 0.15) is 48.8 Å². The highest BCUT2D eigenvalue weighted by molar-refractivity contribution is 5.31. The van der Waals surface area contributed by atoms with Crippen LogP contribution in [0, 0.1) is 18.3 Å². The molecule has 0 amide bonds. The third kappa shape index (κ3) is 3.03. The van der Waals surface area contributed by atoms with Crippen molar-refractivity contribution < 1.29 is 0 Å². The highest BCUT2D eigenvalue weighted by Crippen LogP contribution is 2.19. The summed E-state index contributed by atoms with van der Waals surface area (Å²) in [7, 11) is 0. The van der Waals surface area contributed by atoms with Gasteiger partial charge in [-0.15, -0.1) is 0 Å². The maximum atomic E-state index is 8.81. The molecule has 0 saturated heterocycles. The normalized spacial score (nSPS) is 12.1. The molecule has 0 N–H and O–H groups in total. The van der Waals surface area contributed by atoms with E-state index < -0.39 is 0 Å². The molecule has 3 heteroatoms. The Hall–Kier alpha value is -2.08. The molecule has 3 nitrogen and oxygen atoms in total. The molecule has 0 aliphatic rings. The van der Waals surface area contributed by atoms with Crippen molar-refractivity contribution in [3.8, 4) is 6.07 Å². The van der Waals surface area contributed by atoms with Crippen LogP contribution >= 0.6 is 0 Å². The molecule has 1 atom stereocenters. The molecule has 2 aromatic rings. The first kappa shape index (κ1) is 13.4. The molecule has 0 aliphatic heterocycles. The van der Waals surface area contributed by atoms with Gasteiger partial charge < -0.3 is 4.57 Å². The topological polar surface area (TPSA) is 41.6 Å². The molecule has 0 spiro atoms. The molecule has 1 unspecified atom stereocenters. The summed E-state index contributed by atoms with van der Waals surface area (Å²) in [6, 6.07) is 9.88. The van der Waals surface area contributed by atoms with Gasteiger partial charge in [0.25, 0.3) is 0 Å². The fourth-order valence-corrected chi connectivity index (χ4v) is 2.15. The zero-order valence-electron chi connectivity index (χ0n) is 11.7. The van der Waals surface area contributed by atoms with Gasteiger partial charge in [-0.05, 0) is 31.0 Å². The first-order chi connectivity index (χ1) is 9.13. The maximum absolute atomic E-state index is 8.81. The number of nitriles is 1. The van der Waals surface area contributed by atoms with Crippen LogP contribution in [-0.4, -0.2) is 9.55 Å². The monoisotopic (exact) mass is 253 g/mol. The number of benzene rings is 1. The van der Waals surface area contributed by atoms with Gasteiger partial charge in [0.15, 0.2) is 0 Å².